The largest absolute Gasteiger partial charge is 0.378 e. The summed E-state index contributed by atoms with van der Waals surface area (Å²) >= 11 is 0. The van der Waals surface area contributed by atoms with Crippen LogP contribution < -0.4 is 15.8 Å². The lowest BCUT2D eigenvalue weighted by Crippen LogP contribution is -2.74. The van der Waals surface area contributed by atoms with Crippen molar-refractivity contribution in [3.8, 4) is 0 Å². The maximum absolute atomic E-state index is 12.7. The minimum absolute atomic E-state index is 0. The molecule has 3 rings (SSSR count). The highest BCUT2D eigenvalue weighted by Crippen LogP contribution is 2.50. The van der Waals surface area contributed by atoms with Crippen LogP contribution in [-0.4, -0.2) is 39.1 Å². The molecule has 0 bridgehead atoms. The molecule has 4 N–H and O–H groups in total. The van der Waals surface area contributed by atoms with Gasteiger partial charge in [0.2, 0.25) is 15.9 Å². The minimum atomic E-state index is -3.52. The number of sulfonamides is 1. The molecule has 9 heteroatoms. The average molecular weight is 432 g/mol. The van der Waals surface area contributed by atoms with Gasteiger partial charge in [-0.05, 0) is 49.9 Å². The van der Waals surface area contributed by atoms with Crippen LogP contribution in [0.2, 0.25) is 0 Å². The molecule has 0 spiro atoms. The fourth-order valence-corrected chi connectivity index (χ4v) is 4.53. The standard InChI is InChI=1S/C19H29N3O4S.ClH/c1-4-26-16-11-19(20,18(16,2)3)17(23)22-14-7-9-15(10-8-14)27(24,25)21-12-13-5-6-13;/h7-10,13,16,21H,4-6,11-12,20H2,1-3H3,(H,22,23);1H. The Morgan fingerprint density at radius 2 is 1.86 bits per heavy atom. The van der Waals surface area contributed by atoms with Gasteiger partial charge in [0.1, 0.15) is 5.54 Å². The van der Waals surface area contributed by atoms with Gasteiger partial charge in [-0.1, -0.05) is 13.8 Å². The van der Waals surface area contributed by atoms with Crippen molar-refractivity contribution in [1.29, 1.82) is 0 Å². The van der Waals surface area contributed by atoms with Crippen LogP contribution in [-0.2, 0) is 19.6 Å². The Kier molecular flexibility index (Phi) is 6.83. The molecule has 0 aromatic heterocycles. The second-order valence-corrected chi connectivity index (χ2v) is 9.88. The van der Waals surface area contributed by atoms with E-state index in [-0.39, 0.29) is 29.3 Å². The zero-order valence-electron chi connectivity index (χ0n) is 16.5. The fraction of sp³-hybridized carbons (Fsp3) is 0.632. The number of benzene rings is 1. The van der Waals surface area contributed by atoms with E-state index in [2.05, 4.69) is 10.0 Å². The lowest BCUT2D eigenvalue weighted by molar-refractivity contribution is -0.166. The Hall–Kier alpha value is -1.19. The predicted molar refractivity (Wildman–Crippen MR) is 111 cm³/mol. The van der Waals surface area contributed by atoms with Crippen molar-refractivity contribution in [2.75, 3.05) is 18.5 Å². The lowest BCUT2D eigenvalue weighted by atomic mass is 9.54. The first-order chi connectivity index (χ1) is 12.6. The number of halogens is 1. The number of ether oxygens (including phenoxy) is 1. The first-order valence-electron chi connectivity index (χ1n) is 9.42. The Morgan fingerprint density at radius 1 is 1.25 bits per heavy atom. The SMILES string of the molecule is CCOC1CC(N)(C(=O)Nc2ccc(S(=O)(=O)NCC3CC3)cc2)C1(C)C.Cl. The van der Waals surface area contributed by atoms with E-state index >= 15 is 0 Å². The van der Waals surface area contributed by atoms with Crippen LogP contribution in [0.3, 0.4) is 0 Å². The molecule has 0 heterocycles. The van der Waals surface area contributed by atoms with Crippen molar-refractivity contribution in [1.82, 2.24) is 4.72 Å². The summed E-state index contributed by atoms with van der Waals surface area (Å²) in [4.78, 5) is 12.9. The molecular formula is C19H30ClN3O4S. The number of nitrogens with one attached hydrogen (secondary N) is 2. The van der Waals surface area contributed by atoms with Gasteiger partial charge >= 0.3 is 0 Å². The molecule has 1 amide bonds. The number of hydrogen-bond acceptors (Lipinski definition) is 5. The van der Waals surface area contributed by atoms with Gasteiger partial charge in [-0.2, -0.15) is 0 Å². The summed E-state index contributed by atoms with van der Waals surface area (Å²) in [5.74, 6) is 0.177. The van der Waals surface area contributed by atoms with Crippen molar-refractivity contribution in [3.63, 3.8) is 0 Å². The molecule has 2 aliphatic carbocycles. The van der Waals surface area contributed by atoms with Crippen molar-refractivity contribution in [2.45, 2.75) is 56.6 Å². The normalized spacial score (nSPS) is 26.1. The minimum Gasteiger partial charge on any atom is -0.378 e. The van der Waals surface area contributed by atoms with Gasteiger partial charge in [0, 0.05) is 30.7 Å². The zero-order valence-corrected chi connectivity index (χ0v) is 18.2. The van der Waals surface area contributed by atoms with Gasteiger partial charge in [-0.15, -0.1) is 12.4 Å². The van der Waals surface area contributed by atoms with E-state index in [1.54, 1.807) is 12.1 Å². The molecule has 1 aromatic rings. The van der Waals surface area contributed by atoms with Crippen LogP contribution in [0.25, 0.3) is 0 Å². The molecule has 0 aliphatic heterocycles. The number of amides is 1. The molecule has 2 unspecified atom stereocenters. The van der Waals surface area contributed by atoms with Gasteiger partial charge in [-0.25, -0.2) is 13.1 Å². The smallest absolute Gasteiger partial charge is 0.245 e. The van der Waals surface area contributed by atoms with Crippen LogP contribution in [0.1, 0.15) is 40.0 Å². The maximum atomic E-state index is 12.7. The van der Waals surface area contributed by atoms with E-state index < -0.39 is 21.0 Å². The molecule has 1 aromatic carbocycles. The number of carbonyl (C=O) groups excluding carboxylic acids is 1. The Labute approximate surface area is 173 Å². The number of rotatable bonds is 8. The monoisotopic (exact) mass is 431 g/mol. The van der Waals surface area contributed by atoms with E-state index in [0.29, 0.717) is 31.2 Å². The van der Waals surface area contributed by atoms with Crippen molar-refractivity contribution >= 4 is 34.0 Å². The van der Waals surface area contributed by atoms with Gasteiger partial charge in [0.15, 0.2) is 0 Å². The number of nitrogens with two attached hydrogens (primary N) is 1. The van der Waals surface area contributed by atoms with Crippen LogP contribution in [0.15, 0.2) is 29.2 Å². The quantitative estimate of drug-likeness (QED) is 0.584. The van der Waals surface area contributed by atoms with Crippen LogP contribution in [0.5, 0.6) is 0 Å². The summed E-state index contributed by atoms with van der Waals surface area (Å²) in [5, 5.41) is 2.81. The Bertz CT molecular complexity index is 809. The zero-order chi connectivity index (χ0) is 19.9. The second kappa shape index (κ2) is 8.28. The molecule has 28 heavy (non-hydrogen) atoms. The summed E-state index contributed by atoms with van der Waals surface area (Å²) < 4.78 is 32.8. The van der Waals surface area contributed by atoms with Crippen molar-refractivity contribution < 1.29 is 17.9 Å². The van der Waals surface area contributed by atoms with E-state index in [1.165, 1.54) is 12.1 Å². The highest BCUT2D eigenvalue weighted by atomic mass is 35.5. The molecule has 2 aliphatic rings. The first kappa shape index (κ1) is 23.1. The molecule has 0 saturated heterocycles. The molecule has 2 saturated carbocycles. The predicted octanol–water partition coefficient (Wildman–Crippen LogP) is 2.27. The molecule has 2 atom stereocenters. The van der Waals surface area contributed by atoms with E-state index in [9.17, 15) is 13.2 Å². The lowest BCUT2D eigenvalue weighted by Gasteiger charge is -2.57. The fourth-order valence-electron chi connectivity index (χ4n) is 3.41. The topological polar surface area (TPSA) is 111 Å². The van der Waals surface area contributed by atoms with Gasteiger partial charge in [0.05, 0.1) is 11.0 Å². The van der Waals surface area contributed by atoms with E-state index in [4.69, 9.17) is 10.5 Å². The first-order valence-corrected chi connectivity index (χ1v) is 10.9. The molecule has 2 fully saturated rings. The third-order valence-electron chi connectivity index (χ3n) is 5.92. The van der Waals surface area contributed by atoms with Gasteiger partial charge in [0.25, 0.3) is 0 Å². The van der Waals surface area contributed by atoms with Crippen LogP contribution in [0, 0.1) is 11.3 Å². The summed E-state index contributed by atoms with van der Waals surface area (Å²) in [6.07, 6.45) is 2.56. The van der Waals surface area contributed by atoms with E-state index in [0.717, 1.165) is 12.8 Å². The third kappa shape index (κ3) is 4.36. The second-order valence-electron chi connectivity index (χ2n) is 8.11. The van der Waals surface area contributed by atoms with Crippen LogP contribution in [0.4, 0.5) is 5.69 Å². The average Bonchev–Trinajstić information content (AvgIpc) is 3.44. The molecule has 7 nitrogen and oxygen atoms in total. The molecular weight excluding hydrogens is 402 g/mol. The number of anilines is 1. The van der Waals surface area contributed by atoms with E-state index in [1.807, 2.05) is 20.8 Å². The molecule has 0 radical (unpaired) electrons. The highest BCUT2D eigenvalue weighted by molar-refractivity contribution is 7.89. The highest BCUT2D eigenvalue weighted by Gasteiger charge is 2.62. The van der Waals surface area contributed by atoms with Crippen molar-refractivity contribution in [2.24, 2.45) is 17.1 Å². The summed E-state index contributed by atoms with van der Waals surface area (Å²) in [6, 6.07) is 6.14. The van der Waals surface area contributed by atoms with Gasteiger partial charge < -0.3 is 15.8 Å². The molecule has 158 valence electrons. The maximum Gasteiger partial charge on any atom is 0.245 e. The van der Waals surface area contributed by atoms with Crippen molar-refractivity contribution in [3.05, 3.63) is 24.3 Å². The Balaban J connectivity index is 0.00000280. The third-order valence-corrected chi connectivity index (χ3v) is 7.36. The van der Waals surface area contributed by atoms with Gasteiger partial charge in [-0.3, -0.25) is 4.79 Å². The Morgan fingerprint density at radius 3 is 2.36 bits per heavy atom. The van der Waals surface area contributed by atoms with Crippen LogP contribution >= 0.6 is 12.4 Å². The summed E-state index contributed by atoms with van der Waals surface area (Å²) in [5.41, 5.74) is 5.38. The summed E-state index contributed by atoms with van der Waals surface area (Å²) in [6.45, 7) is 6.83. The number of carbonyl (C=O) groups is 1. The summed E-state index contributed by atoms with van der Waals surface area (Å²) in [7, 11) is -3.52. The number of hydrogen-bond donors (Lipinski definition) is 3.